The van der Waals surface area contributed by atoms with Gasteiger partial charge < -0.3 is 19.5 Å². The number of aromatic nitrogens is 1. The number of carbonyl (C=O) groups excluding carboxylic acids is 2. The fourth-order valence-electron chi connectivity index (χ4n) is 4.58. The molecule has 0 radical (unpaired) electrons. The van der Waals surface area contributed by atoms with E-state index in [-0.39, 0.29) is 29.7 Å². The lowest BCUT2D eigenvalue weighted by atomic mass is 9.95. The first kappa shape index (κ1) is 24.5. The Morgan fingerprint density at radius 3 is 2.46 bits per heavy atom. The van der Waals surface area contributed by atoms with Crippen LogP contribution in [0.15, 0.2) is 59.9 Å². The van der Waals surface area contributed by atoms with Crippen LogP contribution in [-0.4, -0.2) is 41.5 Å². The Bertz CT molecular complexity index is 1340. The van der Waals surface area contributed by atoms with E-state index in [0.717, 1.165) is 5.69 Å². The predicted octanol–water partition coefficient (Wildman–Crippen LogP) is 4.14. The third kappa shape index (κ3) is 4.95. The first-order valence-electron chi connectivity index (χ1n) is 11.5. The van der Waals surface area contributed by atoms with Crippen molar-refractivity contribution in [2.24, 2.45) is 5.92 Å². The average molecular weight is 494 g/mol. The van der Waals surface area contributed by atoms with Crippen LogP contribution in [0.1, 0.15) is 31.0 Å². The molecular formula is C27H28ClN3O4. The molecule has 2 amide bonds. The van der Waals surface area contributed by atoms with Crippen LogP contribution in [0.3, 0.4) is 0 Å². The monoisotopic (exact) mass is 493 g/mol. The van der Waals surface area contributed by atoms with Crippen LogP contribution < -0.4 is 10.7 Å². The summed E-state index contributed by atoms with van der Waals surface area (Å²) in [5, 5.41) is 3.92. The number of carbonyl (C=O) groups is 2. The number of halogens is 1. The highest BCUT2D eigenvalue weighted by molar-refractivity contribution is 6.31. The maximum absolute atomic E-state index is 13.6. The number of nitrogens with one attached hydrogen (secondary N) is 1. The lowest BCUT2D eigenvalue weighted by Crippen LogP contribution is -2.42. The van der Waals surface area contributed by atoms with Gasteiger partial charge in [-0.1, -0.05) is 36.4 Å². The highest BCUT2D eigenvalue weighted by Crippen LogP contribution is 2.28. The number of amides is 2. The third-order valence-corrected chi connectivity index (χ3v) is 6.74. The van der Waals surface area contributed by atoms with E-state index in [1.807, 2.05) is 34.9 Å². The predicted molar refractivity (Wildman–Crippen MR) is 137 cm³/mol. The van der Waals surface area contributed by atoms with Crippen molar-refractivity contribution in [3.63, 3.8) is 0 Å². The maximum Gasteiger partial charge on any atom is 0.223 e. The van der Waals surface area contributed by atoms with Crippen LogP contribution in [-0.2, 0) is 20.9 Å². The fourth-order valence-corrected chi connectivity index (χ4v) is 4.75. The number of nitrogens with zero attached hydrogens (tertiary/aromatic N) is 2. The number of ether oxygens (including phenoxy) is 1. The highest BCUT2D eigenvalue weighted by Gasteiger charge is 2.27. The minimum Gasteiger partial charge on any atom is -0.495 e. The van der Waals surface area contributed by atoms with E-state index < -0.39 is 0 Å². The Labute approximate surface area is 208 Å². The molecule has 1 aliphatic rings. The van der Waals surface area contributed by atoms with E-state index in [1.54, 1.807) is 23.1 Å². The summed E-state index contributed by atoms with van der Waals surface area (Å²) in [6.07, 6.45) is 1.18. The molecule has 0 aliphatic carbocycles. The van der Waals surface area contributed by atoms with Gasteiger partial charge >= 0.3 is 0 Å². The second kappa shape index (κ2) is 10.4. The van der Waals surface area contributed by atoms with Crippen molar-refractivity contribution >= 4 is 40.1 Å². The maximum atomic E-state index is 13.6. The summed E-state index contributed by atoms with van der Waals surface area (Å²) in [7, 11) is 1.50. The molecular weight excluding hydrogens is 466 g/mol. The van der Waals surface area contributed by atoms with Gasteiger partial charge in [-0.2, -0.15) is 0 Å². The SMILES string of the molecule is C=C(OC)c1c(CNC(=O)C2CCN(C(C)=O)CC2)c(=O)c2ccc(Cl)cc2n1-c1ccccc1. The first-order valence-corrected chi connectivity index (χ1v) is 11.9. The van der Waals surface area contributed by atoms with Gasteiger partial charge in [0.25, 0.3) is 0 Å². The van der Waals surface area contributed by atoms with Crippen LogP contribution in [0, 0.1) is 5.92 Å². The van der Waals surface area contributed by atoms with E-state index >= 15 is 0 Å². The molecule has 182 valence electrons. The van der Waals surface area contributed by atoms with Gasteiger partial charge in [-0.25, -0.2) is 0 Å². The largest absolute Gasteiger partial charge is 0.495 e. The number of fused-ring (bicyclic) bond motifs is 1. The highest BCUT2D eigenvalue weighted by atomic mass is 35.5. The quantitative estimate of drug-likeness (QED) is 0.523. The Hall–Kier alpha value is -3.58. The summed E-state index contributed by atoms with van der Waals surface area (Å²) in [6.45, 7) is 6.70. The number of benzene rings is 2. The molecule has 3 aromatic rings. The van der Waals surface area contributed by atoms with Gasteiger partial charge in [-0.3, -0.25) is 14.4 Å². The van der Waals surface area contributed by atoms with Crippen LogP contribution in [0.5, 0.6) is 0 Å². The molecule has 2 heterocycles. The Morgan fingerprint density at radius 2 is 1.83 bits per heavy atom. The topological polar surface area (TPSA) is 80.6 Å². The molecule has 0 spiro atoms. The molecule has 0 saturated carbocycles. The van der Waals surface area contributed by atoms with Gasteiger partial charge in [0.1, 0.15) is 5.76 Å². The Morgan fingerprint density at radius 1 is 1.14 bits per heavy atom. The molecule has 8 heteroatoms. The van der Waals surface area contributed by atoms with E-state index in [9.17, 15) is 14.4 Å². The zero-order valence-electron chi connectivity index (χ0n) is 19.8. The molecule has 1 saturated heterocycles. The van der Waals surface area contributed by atoms with E-state index in [2.05, 4.69) is 11.9 Å². The van der Waals surface area contributed by atoms with Crippen LogP contribution in [0.4, 0.5) is 0 Å². The van der Waals surface area contributed by atoms with Crippen LogP contribution in [0.2, 0.25) is 5.02 Å². The second-order valence-electron chi connectivity index (χ2n) is 8.61. The van der Waals surface area contributed by atoms with Gasteiger partial charge in [0, 0.05) is 54.1 Å². The molecule has 7 nitrogen and oxygen atoms in total. The van der Waals surface area contributed by atoms with Gasteiger partial charge in [0.15, 0.2) is 5.43 Å². The number of piperidine rings is 1. The number of rotatable bonds is 6. The first-order chi connectivity index (χ1) is 16.8. The average Bonchev–Trinajstić information content (AvgIpc) is 2.87. The minimum atomic E-state index is -0.219. The molecule has 4 rings (SSSR count). The molecule has 1 aromatic heterocycles. The smallest absolute Gasteiger partial charge is 0.223 e. The van der Waals surface area contributed by atoms with E-state index in [4.69, 9.17) is 16.3 Å². The minimum absolute atomic E-state index is 0.0179. The number of methoxy groups -OCH3 is 1. The zero-order valence-corrected chi connectivity index (χ0v) is 20.6. The van der Waals surface area contributed by atoms with Crippen molar-refractivity contribution in [3.05, 3.63) is 81.6 Å². The fraction of sp³-hybridized carbons (Fsp3) is 0.296. The third-order valence-electron chi connectivity index (χ3n) is 6.50. The van der Waals surface area contributed by atoms with Crippen molar-refractivity contribution in [3.8, 4) is 5.69 Å². The van der Waals surface area contributed by atoms with Gasteiger partial charge in [0.2, 0.25) is 11.8 Å². The summed E-state index contributed by atoms with van der Waals surface area (Å²) in [5.74, 6) is -0.0320. The summed E-state index contributed by atoms with van der Waals surface area (Å²) in [6, 6.07) is 14.7. The van der Waals surface area contributed by atoms with E-state index in [0.29, 0.717) is 58.9 Å². The molecule has 0 unspecified atom stereocenters. The van der Waals surface area contributed by atoms with Crippen molar-refractivity contribution in [1.82, 2.24) is 14.8 Å². The molecule has 0 bridgehead atoms. The summed E-state index contributed by atoms with van der Waals surface area (Å²) >= 11 is 6.30. The van der Waals surface area contributed by atoms with Gasteiger partial charge in [-0.05, 0) is 43.2 Å². The molecule has 1 aliphatic heterocycles. The second-order valence-corrected chi connectivity index (χ2v) is 9.05. The normalized spacial score (nSPS) is 14.1. The Balaban J connectivity index is 1.76. The summed E-state index contributed by atoms with van der Waals surface area (Å²) in [5.41, 5.74) is 2.06. The van der Waals surface area contributed by atoms with Crippen molar-refractivity contribution in [2.45, 2.75) is 26.3 Å². The van der Waals surface area contributed by atoms with Crippen molar-refractivity contribution in [1.29, 1.82) is 0 Å². The van der Waals surface area contributed by atoms with Gasteiger partial charge in [0.05, 0.1) is 18.3 Å². The van der Waals surface area contributed by atoms with Crippen LogP contribution >= 0.6 is 11.6 Å². The lowest BCUT2D eigenvalue weighted by Gasteiger charge is -2.30. The van der Waals surface area contributed by atoms with E-state index in [1.165, 1.54) is 14.0 Å². The number of likely N-dealkylation sites (tertiary alicyclic amines) is 1. The number of pyridine rings is 1. The van der Waals surface area contributed by atoms with Gasteiger partial charge in [-0.15, -0.1) is 0 Å². The number of hydrogen-bond acceptors (Lipinski definition) is 4. The molecule has 1 N–H and O–H groups in total. The standard InChI is InChI=1S/C27H28ClN3O4/c1-17(35-3)25-23(16-29-27(34)19-11-13-30(14-12-19)18(2)32)26(33)22-10-9-20(28)15-24(22)31(25)21-7-5-4-6-8-21/h4-10,15,19H,1,11-14,16H2,2-3H3,(H,29,34). The van der Waals surface area contributed by atoms with Crippen molar-refractivity contribution in [2.75, 3.05) is 20.2 Å². The lowest BCUT2D eigenvalue weighted by molar-refractivity contribution is -0.134. The zero-order chi connectivity index (χ0) is 25.1. The summed E-state index contributed by atoms with van der Waals surface area (Å²) in [4.78, 5) is 39.9. The molecule has 2 aromatic carbocycles. The number of hydrogen-bond donors (Lipinski definition) is 1. The summed E-state index contributed by atoms with van der Waals surface area (Å²) < 4.78 is 7.38. The molecule has 1 fully saturated rings. The van der Waals surface area contributed by atoms with Crippen LogP contribution in [0.25, 0.3) is 22.3 Å². The number of para-hydroxylation sites is 1. The van der Waals surface area contributed by atoms with Crippen molar-refractivity contribution < 1.29 is 14.3 Å². The Kier molecular flexibility index (Phi) is 7.26. The molecule has 0 atom stereocenters. The molecule has 35 heavy (non-hydrogen) atoms.